The Labute approximate surface area is 165 Å². The SMILES string of the molecule is CN(C)c1ccc(NC(=O)CNC(=O)C23CC4CC(CC(Cl)(C4)C2)C3)cc1. The zero-order valence-electron chi connectivity index (χ0n) is 16.1. The third-order valence-corrected chi connectivity index (χ3v) is 6.99. The lowest BCUT2D eigenvalue weighted by atomic mass is 9.49. The Bertz CT molecular complexity index is 732. The minimum atomic E-state index is -0.362. The van der Waals surface area contributed by atoms with E-state index >= 15 is 0 Å². The molecule has 2 unspecified atom stereocenters. The van der Waals surface area contributed by atoms with Crippen LogP contribution in [0, 0.1) is 17.3 Å². The van der Waals surface area contributed by atoms with Gasteiger partial charge in [-0.3, -0.25) is 9.59 Å². The fraction of sp³-hybridized carbons (Fsp3) is 0.619. The molecule has 4 saturated carbocycles. The number of nitrogens with one attached hydrogen (secondary N) is 2. The first-order valence-corrected chi connectivity index (χ1v) is 10.2. The maximum Gasteiger partial charge on any atom is 0.243 e. The van der Waals surface area contributed by atoms with Gasteiger partial charge < -0.3 is 15.5 Å². The van der Waals surface area contributed by atoms with E-state index in [0.717, 1.165) is 43.5 Å². The number of benzene rings is 1. The minimum absolute atomic E-state index is 0.000629. The van der Waals surface area contributed by atoms with Crippen LogP contribution in [0.5, 0.6) is 0 Å². The van der Waals surface area contributed by atoms with Crippen LogP contribution in [0.15, 0.2) is 24.3 Å². The topological polar surface area (TPSA) is 61.4 Å². The molecule has 4 aliphatic rings. The third-order valence-electron chi connectivity index (χ3n) is 6.55. The molecule has 0 radical (unpaired) electrons. The second kappa shape index (κ2) is 6.69. The highest BCUT2D eigenvalue weighted by atomic mass is 35.5. The summed E-state index contributed by atoms with van der Waals surface area (Å²) in [6, 6.07) is 7.63. The van der Waals surface area contributed by atoms with Crippen molar-refractivity contribution in [1.29, 1.82) is 0 Å². The van der Waals surface area contributed by atoms with Crippen LogP contribution in [0.25, 0.3) is 0 Å². The maximum atomic E-state index is 13.0. The van der Waals surface area contributed by atoms with Gasteiger partial charge in [0.1, 0.15) is 0 Å². The largest absolute Gasteiger partial charge is 0.378 e. The Morgan fingerprint density at radius 3 is 2.30 bits per heavy atom. The Balaban J connectivity index is 1.33. The van der Waals surface area contributed by atoms with E-state index < -0.39 is 0 Å². The Morgan fingerprint density at radius 1 is 1.11 bits per heavy atom. The summed E-state index contributed by atoms with van der Waals surface area (Å²) in [5, 5.41) is 5.74. The number of carbonyl (C=O) groups excluding carboxylic acids is 2. The molecular weight excluding hydrogens is 362 g/mol. The van der Waals surface area contributed by atoms with Crippen molar-refractivity contribution in [3.63, 3.8) is 0 Å². The van der Waals surface area contributed by atoms with Crippen molar-refractivity contribution >= 4 is 34.8 Å². The minimum Gasteiger partial charge on any atom is -0.378 e. The lowest BCUT2D eigenvalue weighted by Gasteiger charge is -2.59. The summed E-state index contributed by atoms with van der Waals surface area (Å²) in [4.78, 5) is 27.0. The molecule has 4 fully saturated rings. The highest BCUT2D eigenvalue weighted by Crippen LogP contribution is 2.63. The zero-order valence-corrected chi connectivity index (χ0v) is 16.8. The van der Waals surface area contributed by atoms with Crippen molar-refractivity contribution in [3.8, 4) is 0 Å². The van der Waals surface area contributed by atoms with Gasteiger partial charge in [-0.25, -0.2) is 0 Å². The van der Waals surface area contributed by atoms with Crippen LogP contribution in [0.1, 0.15) is 38.5 Å². The molecule has 0 spiro atoms. The van der Waals surface area contributed by atoms with Gasteiger partial charge in [-0.15, -0.1) is 11.6 Å². The van der Waals surface area contributed by atoms with E-state index in [1.807, 2.05) is 43.3 Å². The van der Waals surface area contributed by atoms with Crippen LogP contribution in [0.4, 0.5) is 11.4 Å². The first-order valence-electron chi connectivity index (χ1n) is 9.81. The number of anilines is 2. The summed E-state index contributed by atoms with van der Waals surface area (Å²) >= 11 is 6.81. The molecule has 2 amide bonds. The quantitative estimate of drug-likeness (QED) is 0.759. The van der Waals surface area contributed by atoms with Crippen molar-refractivity contribution in [3.05, 3.63) is 24.3 Å². The molecule has 2 N–H and O–H groups in total. The van der Waals surface area contributed by atoms with Crippen LogP contribution >= 0.6 is 11.6 Å². The fourth-order valence-corrected chi connectivity index (χ4v) is 6.50. The van der Waals surface area contributed by atoms with Gasteiger partial charge in [0.15, 0.2) is 0 Å². The maximum absolute atomic E-state index is 13.0. The van der Waals surface area contributed by atoms with Crippen molar-refractivity contribution in [2.24, 2.45) is 17.3 Å². The molecule has 27 heavy (non-hydrogen) atoms. The molecule has 5 rings (SSSR count). The number of halogens is 1. The van der Waals surface area contributed by atoms with Gasteiger partial charge >= 0.3 is 0 Å². The number of hydrogen-bond acceptors (Lipinski definition) is 3. The molecule has 0 aliphatic heterocycles. The molecule has 0 saturated heterocycles. The second-order valence-electron chi connectivity index (χ2n) is 9.06. The predicted molar refractivity (Wildman–Crippen MR) is 108 cm³/mol. The summed E-state index contributed by atoms with van der Waals surface area (Å²) in [5.74, 6) is 0.947. The predicted octanol–water partition coefficient (Wildman–Crippen LogP) is 3.39. The fourth-order valence-electron chi connectivity index (χ4n) is 5.81. The van der Waals surface area contributed by atoms with Crippen LogP contribution in [0.2, 0.25) is 0 Å². The van der Waals surface area contributed by atoms with Crippen molar-refractivity contribution in [1.82, 2.24) is 5.32 Å². The highest BCUT2D eigenvalue weighted by Gasteiger charge is 2.60. The number of nitrogens with zero attached hydrogens (tertiary/aromatic N) is 1. The summed E-state index contributed by atoms with van der Waals surface area (Å²) < 4.78 is 0. The molecule has 6 heteroatoms. The third kappa shape index (κ3) is 3.66. The zero-order chi connectivity index (χ0) is 19.2. The van der Waals surface area contributed by atoms with E-state index in [1.165, 1.54) is 6.42 Å². The molecule has 0 heterocycles. The first kappa shape index (κ1) is 18.6. The van der Waals surface area contributed by atoms with Crippen LogP contribution in [-0.2, 0) is 9.59 Å². The average Bonchev–Trinajstić information content (AvgIpc) is 2.58. The van der Waals surface area contributed by atoms with E-state index in [-0.39, 0.29) is 28.6 Å². The van der Waals surface area contributed by atoms with Gasteiger partial charge in [0.05, 0.1) is 12.0 Å². The Morgan fingerprint density at radius 2 is 1.74 bits per heavy atom. The number of amides is 2. The summed E-state index contributed by atoms with van der Waals surface area (Å²) in [7, 11) is 3.94. The molecular formula is C21H28ClN3O2. The van der Waals surface area contributed by atoms with Gasteiger partial charge in [0.2, 0.25) is 11.8 Å². The van der Waals surface area contributed by atoms with Crippen molar-refractivity contribution < 1.29 is 9.59 Å². The van der Waals surface area contributed by atoms with E-state index in [4.69, 9.17) is 11.6 Å². The number of rotatable bonds is 5. The molecule has 146 valence electrons. The lowest BCUT2D eigenvalue weighted by Crippen LogP contribution is -2.58. The van der Waals surface area contributed by atoms with Crippen LogP contribution in [-0.4, -0.2) is 37.3 Å². The van der Waals surface area contributed by atoms with E-state index in [0.29, 0.717) is 11.8 Å². The molecule has 1 aromatic rings. The second-order valence-corrected chi connectivity index (χ2v) is 9.87. The Hall–Kier alpha value is -1.75. The smallest absolute Gasteiger partial charge is 0.243 e. The monoisotopic (exact) mass is 389 g/mol. The standard InChI is InChI=1S/C21H28ClN3O2/c1-25(2)17-5-3-16(4-6-17)24-18(26)12-23-19(27)20-8-14-7-15(9-20)11-21(22,10-14)13-20/h3-6,14-15H,7-13H2,1-2H3,(H,23,27)(H,24,26). The van der Waals surface area contributed by atoms with Crippen molar-refractivity contribution in [2.45, 2.75) is 43.4 Å². The van der Waals surface area contributed by atoms with Crippen LogP contribution < -0.4 is 15.5 Å². The van der Waals surface area contributed by atoms with Gasteiger partial charge in [0.25, 0.3) is 0 Å². The van der Waals surface area contributed by atoms with Crippen LogP contribution in [0.3, 0.4) is 0 Å². The average molecular weight is 390 g/mol. The van der Waals surface area contributed by atoms with E-state index in [9.17, 15) is 9.59 Å². The number of alkyl halides is 1. The Kier molecular flexibility index (Phi) is 4.61. The van der Waals surface area contributed by atoms with Gasteiger partial charge in [0, 0.05) is 30.3 Å². The van der Waals surface area contributed by atoms with Gasteiger partial charge in [-0.1, -0.05) is 0 Å². The molecule has 1 aromatic carbocycles. The van der Waals surface area contributed by atoms with Gasteiger partial charge in [-0.2, -0.15) is 0 Å². The van der Waals surface area contributed by atoms with E-state index in [1.54, 1.807) is 0 Å². The number of hydrogen-bond donors (Lipinski definition) is 2. The molecule has 0 aromatic heterocycles. The first-order chi connectivity index (χ1) is 12.8. The lowest BCUT2D eigenvalue weighted by molar-refractivity contribution is -0.145. The molecule has 5 nitrogen and oxygen atoms in total. The summed E-state index contributed by atoms with van der Waals surface area (Å²) in [6.45, 7) is 0.000629. The molecule has 4 bridgehead atoms. The summed E-state index contributed by atoms with van der Waals surface area (Å²) in [6.07, 6.45) is 5.92. The number of carbonyl (C=O) groups is 2. The highest BCUT2D eigenvalue weighted by molar-refractivity contribution is 6.24. The molecule has 2 atom stereocenters. The normalized spacial score (nSPS) is 33.6. The molecule has 4 aliphatic carbocycles. The van der Waals surface area contributed by atoms with E-state index in [2.05, 4.69) is 10.6 Å². The van der Waals surface area contributed by atoms with Crippen molar-refractivity contribution in [2.75, 3.05) is 30.9 Å². The van der Waals surface area contributed by atoms with Gasteiger partial charge in [-0.05, 0) is 74.6 Å². The summed E-state index contributed by atoms with van der Waals surface area (Å²) in [5.41, 5.74) is 1.44.